The first-order valence-electron chi connectivity index (χ1n) is 7.89. The van der Waals surface area contributed by atoms with Crippen LogP contribution < -0.4 is 5.32 Å². The molecule has 0 saturated heterocycles. The van der Waals surface area contributed by atoms with Gasteiger partial charge in [-0.1, -0.05) is 34.6 Å². The fraction of sp³-hybridized carbons (Fsp3) is 1.00. The summed E-state index contributed by atoms with van der Waals surface area (Å²) in [5, 5.41) is 3.62. The minimum absolute atomic E-state index is 0.587. The Morgan fingerprint density at radius 3 is 2.11 bits per heavy atom. The van der Waals surface area contributed by atoms with Crippen molar-refractivity contribution in [1.29, 1.82) is 0 Å². The molecule has 3 heteroatoms. The molecule has 0 amide bonds. The molecule has 0 saturated carbocycles. The molecule has 116 valence electrons. The van der Waals surface area contributed by atoms with Gasteiger partial charge in [-0.05, 0) is 31.7 Å². The Labute approximate surface area is 121 Å². The third-order valence-corrected chi connectivity index (χ3v) is 3.81. The highest BCUT2D eigenvalue weighted by molar-refractivity contribution is 4.81. The predicted octanol–water partition coefficient (Wildman–Crippen LogP) is 3.00. The molecular weight excluding hydrogens is 236 g/mol. The minimum atomic E-state index is 0.587. The zero-order chi connectivity index (χ0) is 14.8. The van der Waals surface area contributed by atoms with Crippen molar-refractivity contribution >= 4 is 0 Å². The molecular formula is C16H36N2O. The summed E-state index contributed by atoms with van der Waals surface area (Å²) in [7, 11) is 1.79. The summed E-state index contributed by atoms with van der Waals surface area (Å²) in [4.78, 5) is 2.61. The first-order valence-corrected chi connectivity index (χ1v) is 7.89. The van der Waals surface area contributed by atoms with E-state index in [0.717, 1.165) is 26.2 Å². The van der Waals surface area contributed by atoms with E-state index in [9.17, 15) is 0 Å². The van der Waals surface area contributed by atoms with Crippen LogP contribution >= 0.6 is 0 Å². The highest BCUT2D eigenvalue weighted by Crippen LogP contribution is 2.15. The van der Waals surface area contributed by atoms with Gasteiger partial charge in [0.05, 0.1) is 6.61 Å². The van der Waals surface area contributed by atoms with Crippen molar-refractivity contribution in [2.75, 3.05) is 33.4 Å². The Balaban J connectivity index is 4.55. The maximum Gasteiger partial charge on any atom is 0.0589 e. The molecule has 0 bridgehead atoms. The third kappa shape index (κ3) is 7.91. The third-order valence-electron chi connectivity index (χ3n) is 3.81. The Bertz CT molecular complexity index is 207. The molecule has 0 aliphatic heterocycles. The molecule has 0 fully saturated rings. The minimum Gasteiger partial charge on any atom is -0.383 e. The van der Waals surface area contributed by atoms with Crippen LogP contribution in [0.1, 0.15) is 48.0 Å². The maximum absolute atomic E-state index is 5.28. The van der Waals surface area contributed by atoms with Crippen molar-refractivity contribution in [3.63, 3.8) is 0 Å². The van der Waals surface area contributed by atoms with Crippen molar-refractivity contribution in [1.82, 2.24) is 10.2 Å². The van der Waals surface area contributed by atoms with Crippen LogP contribution in [-0.2, 0) is 4.74 Å². The predicted molar refractivity (Wildman–Crippen MR) is 84.7 cm³/mol. The second-order valence-electron chi connectivity index (χ2n) is 6.35. The normalized spacial score (nSPS) is 15.5. The summed E-state index contributed by atoms with van der Waals surface area (Å²) >= 11 is 0. The molecule has 1 N–H and O–H groups in total. The average molecular weight is 272 g/mol. The number of ether oxygens (including phenoxy) is 1. The summed E-state index contributed by atoms with van der Waals surface area (Å²) in [5.41, 5.74) is 0. The molecule has 0 rings (SSSR count). The van der Waals surface area contributed by atoms with Crippen molar-refractivity contribution in [3.8, 4) is 0 Å². The first-order chi connectivity index (χ1) is 8.93. The van der Waals surface area contributed by atoms with Gasteiger partial charge in [-0.3, -0.25) is 4.90 Å². The van der Waals surface area contributed by atoms with Crippen LogP contribution in [0, 0.1) is 11.8 Å². The van der Waals surface area contributed by atoms with Crippen molar-refractivity contribution < 1.29 is 4.74 Å². The summed E-state index contributed by atoms with van der Waals surface area (Å²) < 4.78 is 5.28. The van der Waals surface area contributed by atoms with Gasteiger partial charge in [0.15, 0.2) is 0 Å². The van der Waals surface area contributed by atoms with Crippen LogP contribution in [0.15, 0.2) is 0 Å². The number of nitrogens with zero attached hydrogens (tertiary/aromatic N) is 1. The van der Waals surface area contributed by atoms with Gasteiger partial charge in [-0.2, -0.15) is 0 Å². The zero-order valence-electron chi connectivity index (χ0n) is 14.2. The van der Waals surface area contributed by atoms with Gasteiger partial charge >= 0.3 is 0 Å². The van der Waals surface area contributed by atoms with E-state index in [2.05, 4.69) is 51.8 Å². The fourth-order valence-corrected chi connectivity index (χ4v) is 2.40. The van der Waals surface area contributed by atoms with Crippen LogP contribution in [0.5, 0.6) is 0 Å². The lowest BCUT2D eigenvalue weighted by Crippen LogP contribution is -2.51. The fourth-order valence-electron chi connectivity index (χ4n) is 2.40. The zero-order valence-corrected chi connectivity index (χ0v) is 14.2. The van der Waals surface area contributed by atoms with Gasteiger partial charge < -0.3 is 10.1 Å². The van der Waals surface area contributed by atoms with E-state index in [1.165, 1.54) is 6.42 Å². The number of hydrogen-bond acceptors (Lipinski definition) is 3. The smallest absolute Gasteiger partial charge is 0.0589 e. The van der Waals surface area contributed by atoms with Crippen LogP contribution in [0.4, 0.5) is 0 Å². The summed E-state index contributed by atoms with van der Waals surface area (Å²) in [6, 6.07) is 1.20. The van der Waals surface area contributed by atoms with E-state index < -0.39 is 0 Å². The van der Waals surface area contributed by atoms with Gasteiger partial charge in [0.1, 0.15) is 0 Å². The van der Waals surface area contributed by atoms with E-state index in [4.69, 9.17) is 4.74 Å². The van der Waals surface area contributed by atoms with Gasteiger partial charge in [0, 0.05) is 32.3 Å². The molecule has 0 aromatic heterocycles. The highest BCUT2D eigenvalue weighted by Gasteiger charge is 2.24. The maximum atomic E-state index is 5.28. The van der Waals surface area contributed by atoms with Crippen LogP contribution in [0.2, 0.25) is 0 Å². The van der Waals surface area contributed by atoms with Gasteiger partial charge in [0.2, 0.25) is 0 Å². The second kappa shape index (κ2) is 10.6. The molecule has 19 heavy (non-hydrogen) atoms. The largest absolute Gasteiger partial charge is 0.383 e. The summed E-state index contributed by atoms with van der Waals surface area (Å²) in [5.74, 6) is 1.37. The van der Waals surface area contributed by atoms with Crippen LogP contribution in [0.25, 0.3) is 0 Å². The molecule has 0 spiro atoms. The molecule has 3 nitrogen and oxygen atoms in total. The van der Waals surface area contributed by atoms with Crippen molar-refractivity contribution in [2.45, 2.75) is 60.0 Å². The first kappa shape index (κ1) is 18.9. The Hall–Kier alpha value is -0.120. The van der Waals surface area contributed by atoms with Crippen molar-refractivity contribution in [3.05, 3.63) is 0 Å². The molecule has 2 atom stereocenters. The summed E-state index contributed by atoms with van der Waals surface area (Å²) in [6.45, 7) is 17.8. The van der Waals surface area contributed by atoms with Crippen molar-refractivity contribution in [2.24, 2.45) is 11.8 Å². The quantitative estimate of drug-likeness (QED) is 0.626. The Morgan fingerprint density at radius 1 is 1.05 bits per heavy atom. The molecule has 0 heterocycles. The SMILES string of the molecule is CCC(C)N(CCOC)C(CNCC(C)C)C(C)C. The Kier molecular flexibility index (Phi) is 10.6. The van der Waals surface area contributed by atoms with Crippen LogP contribution in [-0.4, -0.2) is 50.3 Å². The highest BCUT2D eigenvalue weighted by atomic mass is 16.5. The van der Waals surface area contributed by atoms with E-state index in [-0.39, 0.29) is 0 Å². The number of nitrogens with one attached hydrogen (secondary N) is 1. The monoisotopic (exact) mass is 272 g/mol. The van der Waals surface area contributed by atoms with Gasteiger partial charge in [0.25, 0.3) is 0 Å². The topological polar surface area (TPSA) is 24.5 Å². The Morgan fingerprint density at radius 2 is 1.68 bits per heavy atom. The lowest BCUT2D eigenvalue weighted by Gasteiger charge is -2.38. The molecule has 0 aromatic rings. The number of rotatable bonds is 11. The number of methoxy groups -OCH3 is 1. The molecule has 0 radical (unpaired) electrons. The average Bonchev–Trinajstić information content (AvgIpc) is 2.35. The van der Waals surface area contributed by atoms with E-state index >= 15 is 0 Å². The lowest BCUT2D eigenvalue weighted by atomic mass is 9.99. The van der Waals surface area contributed by atoms with E-state index in [1.54, 1.807) is 7.11 Å². The standard InChI is InChI=1S/C16H36N2O/c1-8-15(6)18(9-10-19-7)16(14(4)5)12-17-11-13(2)3/h13-17H,8-12H2,1-7H3. The molecule has 0 aliphatic rings. The summed E-state index contributed by atoms with van der Waals surface area (Å²) in [6.07, 6.45) is 1.19. The second-order valence-corrected chi connectivity index (χ2v) is 6.35. The number of hydrogen-bond donors (Lipinski definition) is 1. The van der Waals surface area contributed by atoms with Gasteiger partial charge in [-0.15, -0.1) is 0 Å². The molecule has 2 unspecified atom stereocenters. The van der Waals surface area contributed by atoms with Crippen LogP contribution in [0.3, 0.4) is 0 Å². The lowest BCUT2D eigenvalue weighted by molar-refractivity contribution is 0.0675. The van der Waals surface area contributed by atoms with E-state index in [0.29, 0.717) is 23.9 Å². The van der Waals surface area contributed by atoms with E-state index in [1.807, 2.05) is 0 Å². The molecule has 0 aromatic carbocycles. The van der Waals surface area contributed by atoms with Gasteiger partial charge in [-0.25, -0.2) is 0 Å². The molecule has 0 aliphatic carbocycles.